The maximum absolute atomic E-state index is 13.2. The molecule has 0 radical (unpaired) electrons. The zero-order valence-corrected chi connectivity index (χ0v) is 58.2. The third kappa shape index (κ3) is 17.6. The average Bonchev–Trinajstić information content (AvgIpc) is 1.60. The molecule has 0 aromatic carbocycles. The minimum Gasteiger partial charge on any atom is -0.463 e. The van der Waals surface area contributed by atoms with Gasteiger partial charge < -0.3 is 24.6 Å². The highest BCUT2D eigenvalue weighted by Gasteiger charge is 2.60. The molecule has 6 saturated carbocycles. The Bertz CT molecular complexity index is 2730. The lowest BCUT2D eigenvalue weighted by Gasteiger charge is -2.47. The van der Waals surface area contributed by atoms with Gasteiger partial charge in [0, 0.05) is 55.1 Å². The molecule has 9 aliphatic rings. The van der Waals surface area contributed by atoms with Gasteiger partial charge in [0.1, 0.15) is 13.2 Å². The third-order valence-corrected chi connectivity index (χ3v) is 27.3. The maximum atomic E-state index is 13.2. The standard InChI is InChI=1S/C74H122N2O11S2/c1-8-52(25-26-55(54-27-35-60(78)36-28-54)43-44-74(7,9-2)71(79)87-49-47-77)53-29-37-61(38-30-53)86-48-15-24-62-56(33-41-67-72(3,4)69-63-22-12-10-18-58(63)31-39-65(69)75(67)45-16-50-88(80,81)82)20-14-21-57(62)34-42-68-73(5,6)70-64-23-13-11-19-59(64)32-40-66(70)76(68)46-17-51-89(83,84)85/h33-34,41-42,52-55,58-61,63-66,69-70,77-78H,8-32,35-40,43-51H2,1-7H3,(H-,80,81,82,83,84,85)/p+1. The molecule has 89 heavy (non-hydrogen) atoms. The molecular formula is C74H123N2O11S2+. The third-order valence-electron chi connectivity index (χ3n) is 25.7. The Morgan fingerprint density at radius 2 is 1.33 bits per heavy atom. The van der Waals surface area contributed by atoms with Crippen LogP contribution in [0.1, 0.15) is 260 Å². The Labute approximate surface area is 540 Å². The van der Waals surface area contributed by atoms with E-state index in [-0.39, 0.29) is 53.7 Å². The van der Waals surface area contributed by atoms with Gasteiger partial charge >= 0.3 is 5.97 Å². The SMILES string of the molecule is CCC(CCC(CCC(C)(CC)C(=O)OCCO)C1CCC(O)CC1)C1CCC(OCCCC2=C(/C=C/C3=[N+](CCCS(=O)(=O)O)C4CCC5CCCCC5C4C3(C)C)CCC/C2=C\C=C2\N(CCCS(=O)(=O)O)C3CCC4CCCCC4C3C2(C)C)CC1. The largest absolute Gasteiger partial charge is 0.463 e. The quantitative estimate of drug-likeness (QED) is 0.0240. The molecule has 0 aromatic rings. The summed E-state index contributed by atoms with van der Waals surface area (Å²) in [7, 11) is -8.17. The number of hydrogen-bond acceptors (Lipinski definition) is 10. The first-order chi connectivity index (χ1) is 42.5. The van der Waals surface area contributed by atoms with Crippen molar-refractivity contribution in [3.8, 4) is 0 Å². The lowest BCUT2D eigenvalue weighted by atomic mass is 9.57. The van der Waals surface area contributed by atoms with Crippen LogP contribution in [0.2, 0.25) is 0 Å². The van der Waals surface area contributed by atoms with Crippen LogP contribution in [0, 0.1) is 75.4 Å². The minimum atomic E-state index is -4.08. The van der Waals surface area contributed by atoms with Gasteiger partial charge in [-0.1, -0.05) is 84.8 Å². The number of aliphatic hydroxyl groups excluding tert-OH is 2. The van der Waals surface area contributed by atoms with E-state index in [1.165, 1.54) is 118 Å². The van der Waals surface area contributed by atoms with Crippen molar-refractivity contribution in [1.29, 1.82) is 0 Å². The van der Waals surface area contributed by atoms with Crippen molar-refractivity contribution in [2.45, 2.75) is 285 Å². The zero-order chi connectivity index (χ0) is 63.7. The molecule has 9 rings (SSSR count). The Balaban J connectivity index is 0.934. The smallest absolute Gasteiger partial charge is 0.311 e. The van der Waals surface area contributed by atoms with Gasteiger partial charge in [-0.3, -0.25) is 13.9 Å². The molecule has 15 heteroatoms. The Morgan fingerprint density at radius 3 is 1.99 bits per heavy atom. The summed E-state index contributed by atoms with van der Waals surface area (Å²) in [5.74, 6) is 5.63. The topological polar surface area (TPSA) is 191 Å². The lowest BCUT2D eigenvalue weighted by molar-refractivity contribution is -0.569. The van der Waals surface area contributed by atoms with Crippen LogP contribution in [0.4, 0.5) is 0 Å². The van der Waals surface area contributed by atoms with Gasteiger partial charge in [0.2, 0.25) is 0 Å². The fourth-order valence-electron chi connectivity index (χ4n) is 20.9. The van der Waals surface area contributed by atoms with E-state index in [4.69, 9.17) is 9.47 Å². The second kappa shape index (κ2) is 31.4. The second-order valence-electron chi connectivity index (χ2n) is 31.6. The van der Waals surface area contributed by atoms with E-state index in [2.05, 4.69) is 75.3 Å². The van der Waals surface area contributed by atoms with E-state index in [9.17, 15) is 40.9 Å². The molecule has 7 fully saturated rings. The van der Waals surface area contributed by atoms with Crippen LogP contribution < -0.4 is 0 Å². The number of esters is 1. The number of allylic oxidation sites excluding steroid dienone is 8. The molecular weight excluding hydrogens is 1160 g/mol. The predicted octanol–water partition coefficient (Wildman–Crippen LogP) is 15.5. The number of likely N-dealkylation sites (tertiary alicyclic amines) is 1. The van der Waals surface area contributed by atoms with Crippen LogP contribution in [-0.2, 0) is 34.5 Å². The Morgan fingerprint density at radius 1 is 0.697 bits per heavy atom. The fourth-order valence-corrected chi connectivity index (χ4v) is 21.9. The number of rotatable bonds is 29. The van der Waals surface area contributed by atoms with Crippen molar-refractivity contribution in [1.82, 2.24) is 4.90 Å². The summed E-state index contributed by atoms with van der Waals surface area (Å²) in [4.78, 5) is 15.8. The van der Waals surface area contributed by atoms with E-state index in [0.29, 0.717) is 98.4 Å². The summed E-state index contributed by atoms with van der Waals surface area (Å²) in [6, 6.07) is 0.726. The molecule has 11 atom stereocenters. The average molecular weight is 1280 g/mol. The number of carbonyl (C=O) groups is 1. The molecule has 11 unspecified atom stereocenters. The van der Waals surface area contributed by atoms with E-state index in [1.54, 1.807) is 0 Å². The van der Waals surface area contributed by atoms with Gasteiger partial charge in [-0.25, -0.2) is 4.58 Å². The van der Waals surface area contributed by atoms with E-state index < -0.39 is 25.7 Å². The molecule has 0 bridgehead atoms. The number of fused-ring (bicyclic) bond motifs is 6. The van der Waals surface area contributed by atoms with Crippen LogP contribution in [0.15, 0.2) is 46.7 Å². The molecule has 0 aromatic heterocycles. The number of carbonyl (C=O) groups excluding carboxylic acids is 1. The van der Waals surface area contributed by atoms with E-state index in [1.807, 2.05) is 6.92 Å². The van der Waals surface area contributed by atoms with E-state index in [0.717, 1.165) is 115 Å². The number of ether oxygens (including phenoxy) is 2. The maximum Gasteiger partial charge on any atom is 0.311 e. The van der Waals surface area contributed by atoms with Crippen LogP contribution in [0.5, 0.6) is 0 Å². The summed E-state index contributed by atoms with van der Waals surface area (Å²) in [6.45, 7) is 18.1. The van der Waals surface area contributed by atoms with Crippen molar-refractivity contribution in [2.75, 3.05) is 44.4 Å². The Hall–Kier alpha value is -2.40. The second-order valence-corrected chi connectivity index (χ2v) is 34.7. The van der Waals surface area contributed by atoms with Crippen molar-refractivity contribution in [3.63, 3.8) is 0 Å². The van der Waals surface area contributed by atoms with Gasteiger partial charge in [0.05, 0.1) is 41.2 Å². The molecule has 0 amide bonds. The number of nitrogens with zero attached hydrogens (tertiary/aromatic N) is 2. The monoisotopic (exact) mass is 1280 g/mol. The van der Waals surface area contributed by atoms with E-state index >= 15 is 0 Å². The summed E-state index contributed by atoms with van der Waals surface area (Å²) in [5.41, 5.74) is 6.08. The summed E-state index contributed by atoms with van der Waals surface area (Å²) in [5, 5.41) is 19.8. The molecule has 7 aliphatic carbocycles. The summed E-state index contributed by atoms with van der Waals surface area (Å²) < 4.78 is 83.3. The zero-order valence-electron chi connectivity index (χ0n) is 56.5. The summed E-state index contributed by atoms with van der Waals surface area (Å²) >= 11 is 0. The predicted molar refractivity (Wildman–Crippen MR) is 358 cm³/mol. The molecule has 13 nitrogen and oxygen atoms in total. The van der Waals surface area contributed by atoms with Gasteiger partial charge in [-0.2, -0.15) is 16.8 Å². The van der Waals surface area contributed by atoms with Gasteiger partial charge in [0.25, 0.3) is 20.2 Å². The van der Waals surface area contributed by atoms with Crippen LogP contribution in [0.3, 0.4) is 0 Å². The van der Waals surface area contributed by atoms with Crippen LogP contribution >= 0.6 is 0 Å². The van der Waals surface area contributed by atoms with Crippen molar-refractivity contribution >= 4 is 31.9 Å². The molecule has 2 heterocycles. The Kier molecular flexibility index (Phi) is 25.0. The fraction of sp³-hybridized carbons (Fsp3) is 0.865. The van der Waals surface area contributed by atoms with Gasteiger partial charge in [-0.15, -0.1) is 0 Å². The highest BCUT2D eigenvalue weighted by molar-refractivity contribution is 7.86. The molecule has 1 saturated heterocycles. The van der Waals surface area contributed by atoms with Crippen molar-refractivity contribution < 1.29 is 55.0 Å². The molecule has 4 N–H and O–H groups in total. The first kappa shape index (κ1) is 70.9. The lowest BCUT2D eigenvalue weighted by Crippen LogP contribution is -2.46. The van der Waals surface area contributed by atoms with Gasteiger partial charge in [0.15, 0.2) is 11.8 Å². The number of hydrogen-bond donors (Lipinski definition) is 4. The normalized spacial score (nSPS) is 33.9. The highest BCUT2D eigenvalue weighted by atomic mass is 32.2. The van der Waals surface area contributed by atoms with Gasteiger partial charge in [-0.05, 0) is 251 Å². The molecule has 506 valence electrons. The first-order valence-electron chi connectivity index (χ1n) is 36.7. The molecule has 2 aliphatic heterocycles. The first-order valence-corrected chi connectivity index (χ1v) is 39.9. The van der Waals surface area contributed by atoms with Crippen molar-refractivity contribution in [3.05, 3.63) is 46.7 Å². The molecule has 0 spiro atoms. The number of aliphatic hydroxyl groups is 2. The highest BCUT2D eigenvalue weighted by Crippen LogP contribution is 2.60. The van der Waals surface area contributed by atoms with Crippen LogP contribution in [0.25, 0.3) is 0 Å². The summed E-state index contributed by atoms with van der Waals surface area (Å²) in [6.07, 6.45) is 45.0. The van der Waals surface area contributed by atoms with Crippen molar-refractivity contribution in [2.24, 2.45) is 75.4 Å². The minimum absolute atomic E-state index is 0.0435. The van der Waals surface area contributed by atoms with Crippen LogP contribution in [-0.4, -0.2) is 126 Å².